The lowest BCUT2D eigenvalue weighted by Gasteiger charge is -2.17. The molecule has 1 aliphatic carbocycles. The average Bonchev–Trinajstić information content (AvgIpc) is 2.39. The van der Waals surface area contributed by atoms with Crippen LogP contribution in [0.1, 0.15) is 51.0 Å². The zero-order chi connectivity index (χ0) is 11.9. The van der Waals surface area contributed by atoms with Crippen LogP contribution in [0.4, 0.5) is 0 Å². The van der Waals surface area contributed by atoms with Crippen LogP contribution in [-0.4, -0.2) is 0 Å². The van der Waals surface area contributed by atoms with Gasteiger partial charge in [-0.3, -0.25) is 0 Å². The highest BCUT2D eigenvalue weighted by Gasteiger charge is 2.08. The first-order chi connectivity index (χ1) is 8.34. The maximum atomic E-state index is 2.49. The monoisotopic (exact) mass is 228 g/mol. The van der Waals surface area contributed by atoms with Crippen molar-refractivity contribution >= 4 is 0 Å². The van der Waals surface area contributed by atoms with Crippen LogP contribution in [0, 0.1) is 5.92 Å². The summed E-state index contributed by atoms with van der Waals surface area (Å²) in [5.41, 5.74) is 3.20. The zero-order valence-electron chi connectivity index (χ0n) is 11.0. The van der Waals surface area contributed by atoms with Gasteiger partial charge in [-0.05, 0) is 56.4 Å². The number of hydrogen-bond donors (Lipinski definition) is 0. The standard InChI is InChI=1S/C17H24/c1-15(14-17-10-6-3-7-11-17)12-13-16-8-4-2-5-9-16/h2,4-5,8-10,15H,3,6-7,11-14H2,1H3/t15-/m0/s1. The normalized spacial score (nSPS) is 17.6. The molecule has 92 valence electrons. The molecule has 1 aromatic carbocycles. The first-order valence-electron chi connectivity index (χ1n) is 7.06. The van der Waals surface area contributed by atoms with Gasteiger partial charge in [0.05, 0.1) is 0 Å². The van der Waals surface area contributed by atoms with Crippen LogP contribution in [-0.2, 0) is 6.42 Å². The third kappa shape index (κ3) is 4.38. The highest BCUT2D eigenvalue weighted by molar-refractivity contribution is 5.14. The highest BCUT2D eigenvalue weighted by atomic mass is 14.1. The molecule has 1 atom stereocenters. The molecule has 0 heteroatoms. The Balaban J connectivity index is 1.74. The smallest absolute Gasteiger partial charge is 0.0276 e. The Hall–Kier alpha value is -1.04. The topological polar surface area (TPSA) is 0 Å². The molecule has 0 N–H and O–H groups in total. The summed E-state index contributed by atoms with van der Waals surface area (Å²) < 4.78 is 0. The van der Waals surface area contributed by atoms with Gasteiger partial charge in [-0.1, -0.05) is 48.9 Å². The molecule has 0 bridgehead atoms. The van der Waals surface area contributed by atoms with E-state index in [1.807, 2.05) is 0 Å². The molecule has 0 unspecified atom stereocenters. The van der Waals surface area contributed by atoms with Gasteiger partial charge in [0.1, 0.15) is 0 Å². The number of benzene rings is 1. The van der Waals surface area contributed by atoms with Gasteiger partial charge in [-0.25, -0.2) is 0 Å². The third-order valence-corrected chi connectivity index (χ3v) is 3.76. The first-order valence-corrected chi connectivity index (χ1v) is 7.06. The van der Waals surface area contributed by atoms with Crippen molar-refractivity contribution in [3.05, 3.63) is 47.5 Å². The maximum Gasteiger partial charge on any atom is -0.0276 e. The second-order valence-corrected chi connectivity index (χ2v) is 5.44. The van der Waals surface area contributed by atoms with Gasteiger partial charge in [0.2, 0.25) is 0 Å². The van der Waals surface area contributed by atoms with E-state index in [-0.39, 0.29) is 0 Å². The van der Waals surface area contributed by atoms with E-state index in [1.54, 1.807) is 5.57 Å². The van der Waals surface area contributed by atoms with Crippen molar-refractivity contribution in [1.29, 1.82) is 0 Å². The fourth-order valence-electron chi connectivity index (χ4n) is 2.70. The van der Waals surface area contributed by atoms with Crippen LogP contribution < -0.4 is 0 Å². The molecule has 0 aromatic heterocycles. The van der Waals surface area contributed by atoms with E-state index in [9.17, 15) is 0 Å². The van der Waals surface area contributed by atoms with Crippen molar-refractivity contribution in [3.8, 4) is 0 Å². The van der Waals surface area contributed by atoms with Gasteiger partial charge in [0, 0.05) is 0 Å². The zero-order valence-corrected chi connectivity index (χ0v) is 11.0. The Kier molecular flexibility index (Phi) is 4.85. The lowest BCUT2D eigenvalue weighted by atomic mass is 9.89. The van der Waals surface area contributed by atoms with Crippen molar-refractivity contribution in [2.45, 2.75) is 51.9 Å². The van der Waals surface area contributed by atoms with Gasteiger partial charge in [-0.15, -0.1) is 0 Å². The van der Waals surface area contributed by atoms with Gasteiger partial charge in [-0.2, -0.15) is 0 Å². The number of rotatable bonds is 5. The molecule has 2 rings (SSSR count). The van der Waals surface area contributed by atoms with E-state index in [1.165, 1.54) is 50.5 Å². The molecule has 0 aliphatic heterocycles. The molecular formula is C17H24. The van der Waals surface area contributed by atoms with Crippen molar-refractivity contribution in [2.75, 3.05) is 0 Å². The fourth-order valence-corrected chi connectivity index (χ4v) is 2.70. The molecule has 17 heavy (non-hydrogen) atoms. The quantitative estimate of drug-likeness (QED) is 0.612. The van der Waals surface area contributed by atoms with Crippen LogP contribution in [0.15, 0.2) is 42.0 Å². The third-order valence-electron chi connectivity index (χ3n) is 3.76. The van der Waals surface area contributed by atoms with E-state index in [4.69, 9.17) is 0 Å². The second kappa shape index (κ2) is 6.64. The molecule has 1 aromatic rings. The molecule has 0 nitrogen and oxygen atoms in total. The molecule has 0 spiro atoms. The van der Waals surface area contributed by atoms with Gasteiger partial charge in [0.15, 0.2) is 0 Å². The summed E-state index contributed by atoms with van der Waals surface area (Å²) in [6.07, 6.45) is 11.9. The molecule has 0 saturated heterocycles. The summed E-state index contributed by atoms with van der Waals surface area (Å²) in [6.45, 7) is 2.40. The first kappa shape index (κ1) is 12.4. The summed E-state index contributed by atoms with van der Waals surface area (Å²) in [4.78, 5) is 0. The summed E-state index contributed by atoms with van der Waals surface area (Å²) in [5.74, 6) is 0.833. The summed E-state index contributed by atoms with van der Waals surface area (Å²) in [5, 5.41) is 0. The van der Waals surface area contributed by atoms with E-state index in [0.29, 0.717) is 0 Å². The van der Waals surface area contributed by atoms with E-state index >= 15 is 0 Å². The van der Waals surface area contributed by atoms with Crippen LogP contribution in [0.2, 0.25) is 0 Å². The number of hydrogen-bond acceptors (Lipinski definition) is 0. The number of aryl methyl sites for hydroxylation is 1. The number of allylic oxidation sites excluding steroid dienone is 2. The SMILES string of the molecule is C[C@@H](CCc1ccccc1)CC1=CCCCC1. The van der Waals surface area contributed by atoms with Crippen LogP contribution in [0.3, 0.4) is 0 Å². The van der Waals surface area contributed by atoms with Crippen LogP contribution >= 0.6 is 0 Å². The Morgan fingerprint density at radius 1 is 1.12 bits per heavy atom. The molecule has 0 fully saturated rings. The Labute approximate surface area is 106 Å². The molecule has 0 saturated carbocycles. The van der Waals surface area contributed by atoms with Gasteiger partial charge < -0.3 is 0 Å². The molecule has 1 aliphatic rings. The maximum absolute atomic E-state index is 2.49. The predicted octanol–water partition coefficient (Wildman–Crippen LogP) is 5.15. The van der Waals surface area contributed by atoms with Crippen LogP contribution in [0.25, 0.3) is 0 Å². The Morgan fingerprint density at radius 2 is 1.94 bits per heavy atom. The Bertz CT molecular complexity index is 348. The van der Waals surface area contributed by atoms with Crippen molar-refractivity contribution < 1.29 is 0 Å². The van der Waals surface area contributed by atoms with E-state index in [0.717, 1.165) is 5.92 Å². The van der Waals surface area contributed by atoms with Crippen molar-refractivity contribution in [1.82, 2.24) is 0 Å². The fraction of sp³-hybridized carbons (Fsp3) is 0.529. The lowest BCUT2D eigenvalue weighted by molar-refractivity contribution is 0.508. The summed E-state index contributed by atoms with van der Waals surface area (Å²) >= 11 is 0. The lowest BCUT2D eigenvalue weighted by Crippen LogP contribution is -2.01. The minimum absolute atomic E-state index is 0.833. The minimum atomic E-state index is 0.833. The summed E-state index contributed by atoms with van der Waals surface area (Å²) in [7, 11) is 0. The second-order valence-electron chi connectivity index (χ2n) is 5.44. The van der Waals surface area contributed by atoms with Crippen LogP contribution in [0.5, 0.6) is 0 Å². The van der Waals surface area contributed by atoms with E-state index in [2.05, 4.69) is 43.3 Å². The summed E-state index contributed by atoms with van der Waals surface area (Å²) in [6, 6.07) is 10.9. The molecular weight excluding hydrogens is 204 g/mol. The van der Waals surface area contributed by atoms with Crippen molar-refractivity contribution in [3.63, 3.8) is 0 Å². The highest BCUT2D eigenvalue weighted by Crippen LogP contribution is 2.25. The van der Waals surface area contributed by atoms with Gasteiger partial charge in [0.25, 0.3) is 0 Å². The minimum Gasteiger partial charge on any atom is -0.0853 e. The Morgan fingerprint density at radius 3 is 2.65 bits per heavy atom. The largest absolute Gasteiger partial charge is 0.0853 e. The average molecular weight is 228 g/mol. The molecule has 0 amide bonds. The van der Waals surface area contributed by atoms with Gasteiger partial charge >= 0.3 is 0 Å². The van der Waals surface area contributed by atoms with E-state index < -0.39 is 0 Å². The predicted molar refractivity (Wildman–Crippen MR) is 75.1 cm³/mol. The van der Waals surface area contributed by atoms with Crippen molar-refractivity contribution in [2.24, 2.45) is 5.92 Å². The molecule has 0 radical (unpaired) electrons. The molecule has 0 heterocycles.